The van der Waals surface area contributed by atoms with Crippen LogP contribution in [0.15, 0.2) is 27.3 Å². The Morgan fingerprint density at radius 3 is 2.70 bits per heavy atom. The van der Waals surface area contributed by atoms with Crippen molar-refractivity contribution in [1.29, 1.82) is 0 Å². The van der Waals surface area contributed by atoms with Crippen LogP contribution in [0.3, 0.4) is 0 Å². The van der Waals surface area contributed by atoms with Gasteiger partial charge in [-0.15, -0.1) is 0 Å². The number of furan rings is 1. The topological polar surface area (TPSA) is 78.8 Å². The summed E-state index contributed by atoms with van der Waals surface area (Å²) in [4.78, 5) is 9.01. The first-order valence-electron chi connectivity index (χ1n) is 8.17. The van der Waals surface area contributed by atoms with Crippen LogP contribution in [0.2, 0.25) is 0 Å². The molecule has 126 valence electrons. The van der Waals surface area contributed by atoms with E-state index in [1.807, 2.05) is 13.0 Å². The molecular formula is C16H24N4O3. The number of hydrogen-bond donors (Lipinski definition) is 1. The van der Waals surface area contributed by atoms with E-state index in [0.717, 1.165) is 38.4 Å². The molecule has 0 radical (unpaired) electrons. The molecule has 2 aromatic heterocycles. The molecule has 7 heteroatoms. The van der Waals surface area contributed by atoms with Crippen molar-refractivity contribution >= 4 is 0 Å². The summed E-state index contributed by atoms with van der Waals surface area (Å²) in [6.07, 6.45) is 1.80. The smallest absolute Gasteiger partial charge is 0.243 e. The summed E-state index contributed by atoms with van der Waals surface area (Å²) in [6.45, 7) is 8.33. The molecule has 0 aliphatic carbocycles. The van der Waals surface area contributed by atoms with E-state index in [2.05, 4.69) is 26.9 Å². The summed E-state index contributed by atoms with van der Waals surface area (Å²) in [6, 6.07) is 3.73. The lowest BCUT2D eigenvalue weighted by atomic mass is 10.2. The molecule has 0 bridgehead atoms. The van der Waals surface area contributed by atoms with Gasteiger partial charge in [-0.3, -0.25) is 9.80 Å². The summed E-state index contributed by atoms with van der Waals surface area (Å²) < 4.78 is 10.6. The fraction of sp³-hybridized carbons (Fsp3) is 0.625. The highest BCUT2D eigenvalue weighted by molar-refractivity contribution is 5.02. The Morgan fingerprint density at radius 1 is 1.30 bits per heavy atom. The van der Waals surface area contributed by atoms with Gasteiger partial charge in [0.15, 0.2) is 5.82 Å². The Labute approximate surface area is 135 Å². The molecule has 3 heterocycles. The van der Waals surface area contributed by atoms with Crippen molar-refractivity contribution in [3.8, 4) is 0 Å². The first-order chi connectivity index (χ1) is 11.2. The number of aliphatic hydroxyl groups excluding tert-OH is 1. The summed E-state index contributed by atoms with van der Waals surface area (Å²) >= 11 is 0. The zero-order valence-corrected chi connectivity index (χ0v) is 13.7. The Balaban J connectivity index is 1.50. The lowest BCUT2D eigenvalue weighted by Crippen LogP contribution is -2.48. The molecule has 0 aromatic carbocycles. The Bertz CT molecular complexity index is 590. The van der Waals surface area contributed by atoms with Gasteiger partial charge in [-0.2, -0.15) is 4.98 Å². The van der Waals surface area contributed by atoms with Gasteiger partial charge in [0.1, 0.15) is 11.9 Å². The van der Waals surface area contributed by atoms with Crippen LogP contribution in [0, 0.1) is 0 Å². The molecule has 0 unspecified atom stereocenters. The minimum atomic E-state index is -0.572. The molecular weight excluding hydrogens is 296 g/mol. The first kappa shape index (κ1) is 16.2. The van der Waals surface area contributed by atoms with Gasteiger partial charge in [-0.1, -0.05) is 12.1 Å². The number of aryl methyl sites for hydroxylation is 1. The highest BCUT2D eigenvalue weighted by Crippen LogP contribution is 2.21. The number of aromatic nitrogens is 2. The molecule has 1 aliphatic heterocycles. The number of piperazine rings is 1. The molecule has 0 spiro atoms. The summed E-state index contributed by atoms with van der Waals surface area (Å²) in [5.41, 5.74) is 0. The molecule has 0 saturated carbocycles. The number of aliphatic hydroxyl groups is 1. The second-order valence-electron chi connectivity index (χ2n) is 5.95. The van der Waals surface area contributed by atoms with Gasteiger partial charge in [0, 0.05) is 39.1 Å². The third-order valence-corrected chi connectivity index (χ3v) is 4.41. The normalized spacial score (nSPS) is 19.8. The number of nitrogens with zero attached hydrogens (tertiary/aromatic N) is 4. The van der Waals surface area contributed by atoms with E-state index >= 15 is 0 Å². The van der Waals surface area contributed by atoms with E-state index < -0.39 is 6.10 Å². The van der Waals surface area contributed by atoms with Crippen LogP contribution in [0.25, 0.3) is 0 Å². The predicted octanol–water partition coefficient (Wildman–Crippen LogP) is 1.64. The molecule has 3 rings (SSSR count). The SMILES string of the molecule is CCc1noc([C@H](C)N2CCN(C[C@H](O)c3ccco3)CC2)n1. The second kappa shape index (κ2) is 7.25. The van der Waals surface area contributed by atoms with Crippen molar-refractivity contribution in [3.63, 3.8) is 0 Å². The number of rotatable bonds is 6. The van der Waals surface area contributed by atoms with Crippen molar-refractivity contribution in [2.24, 2.45) is 0 Å². The van der Waals surface area contributed by atoms with E-state index in [0.29, 0.717) is 18.2 Å². The minimum Gasteiger partial charge on any atom is -0.467 e. The van der Waals surface area contributed by atoms with Crippen LogP contribution in [0.5, 0.6) is 0 Å². The van der Waals surface area contributed by atoms with E-state index in [-0.39, 0.29) is 6.04 Å². The maximum atomic E-state index is 10.2. The highest BCUT2D eigenvalue weighted by atomic mass is 16.5. The molecule has 1 fully saturated rings. The van der Waals surface area contributed by atoms with Crippen molar-refractivity contribution in [3.05, 3.63) is 35.9 Å². The van der Waals surface area contributed by atoms with Crippen LogP contribution in [0.4, 0.5) is 0 Å². The number of hydrogen-bond acceptors (Lipinski definition) is 7. The van der Waals surface area contributed by atoms with Gasteiger partial charge in [0.05, 0.1) is 12.3 Å². The van der Waals surface area contributed by atoms with Crippen molar-refractivity contribution in [2.45, 2.75) is 32.4 Å². The van der Waals surface area contributed by atoms with Crippen LogP contribution < -0.4 is 0 Å². The van der Waals surface area contributed by atoms with Crippen molar-refractivity contribution in [1.82, 2.24) is 19.9 Å². The fourth-order valence-electron chi connectivity index (χ4n) is 2.89. The van der Waals surface area contributed by atoms with E-state index in [4.69, 9.17) is 8.94 Å². The van der Waals surface area contributed by atoms with E-state index in [9.17, 15) is 5.11 Å². The maximum absolute atomic E-state index is 10.2. The molecule has 2 atom stereocenters. The molecule has 23 heavy (non-hydrogen) atoms. The number of β-amino-alcohol motifs (C(OH)–C–C–N with tert-alkyl or cyclic N) is 1. The average Bonchev–Trinajstić information content (AvgIpc) is 3.26. The summed E-state index contributed by atoms with van der Waals surface area (Å²) in [5, 5.41) is 14.1. The summed E-state index contributed by atoms with van der Waals surface area (Å²) in [5.74, 6) is 2.07. The first-order valence-corrected chi connectivity index (χ1v) is 8.17. The van der Waals surface area contributed by atoms with E-state index in [1.54, 1.807) is 12.3 Å². The van der Waals surface area contributed by atoms with Gasteiger partial charge >= 0.3 is 0 Å². The lowest BCUT2D eigenvalue weighted by molar-refractivity contribution is 0.0452. The Hall–Kier alpha value is -1.70. The monoisotopic (exact) mass is 320 g/mol. The van der Waals surface area contributed by atoms with Crippen molar-refractivity contribution < 1.29 is 14.0 Å². The Kier molecular flexibility index (Phi) is 5.09. The van der Waals surface area contributed by atoms with Crippen LogP contribution in [-0.4, -0.2) is 57.8 Å². The fourth-order valence-corrected chi connectivity index (χ4v) is 2.89. The maximum Gasteiger partial charge on any atom is 0.243 e. The largest absolute Gasteiger partial charge is 0.467 e. The molecule has 1 N–H and O–H groups in total. The Morgan fingerprint density at radius 2 is 2.09 bits per heavy atom. The standard InChI is InChI=1S/C16H24N4O3/c1-3-15-17-16(23-18-15)12(2)20-8-6-19(7-9-20)11-13(21)14-5-4-10-22-14/h4-5,10,12-13,21H,3,6-9,11H2,1-2H3/t12-,13-/m0/s1. The van der Waals surface area contributed by atoms with Gasteiger partial charge in [-0.05, 0) is 19.1 Å². The average molecular weight is 320 g/mol. The third-order valence-electron chi connectivity index (χ3n) is 4.41. The van der Waals surface area contributed by atoms with Crippen LogP contribution >= 0.6 is 0 Å². The van der Waals surface area contributed by atoms with Crippen LogP contribution in [0.1, 0.15) is 43.5 Å². The van der Waals surface area contributed by atoms with Gasteiger partial charge in [0.2, 0.25) is 5.89 Å². The van der Waals surface area contributed by atoms with E-state index in [1.165, 1.54) is 0 Å². The van der Waals surface area contributed by atoms with Gasteiger partial charge < -0.3 is 14.0 Å². The molecule has 7 nitrogen and oxygen atoms in total. The molecule has 1 saturated heterocycles. The zero-order chi connectivity index (χ0) is 16.2. The molecule has 1 aliphatic rings. The zero-order valence-electron chi connectivity index (χ0n) is 13.7. The van der Waals surface area contributed by atoms with Gasteiger partial charge in [0.25, 0.3) is 0 Å². The summed E-state index contributed by atoms with van der Waals surface area (Å²) in [7, 11) is 0. The van der Waals surface area contributed by atoms with Crippen LogP contribution in [-0.2, 0) is 6.42 Å². The second-order valence-corrected chi connectivity index (χ2v) is 5.95. The molecule has 2 aromatic rings. The quantitative estimate of drug-likeness (QED) is 0.866. The molecule has 0 amide bonds. The minimum absolute atomic E-state index is 0.125. The van der Waals surface area contributed by atoms with Crippen molar-refractivity contribution in [2.75, 3.05) is 32.7 Å². The van der Waals surface area contributed by atoms with Gasteiger partial charge in [-0.25, -0.2) is 0 Å². The highest BCUT2D eigenvalue weighted by Gasteiger charge is 2.26. The predicted molar refractivity (Wildman–Crippen MR) is 83.8 cm³/mol. The lowest BCUT2D eigenvalue weighted by Gasteiger charge is -2.37. The third kappa shape index (κ3) is 3.80.